The van der Waals surface area contributed by atoms with Gasteiger partial charge in [-0.05, 0) is 0 Å². The Kier molecular flexibility index (Phi) is 1.99. The summed E-state index contributed by atoms with van der Waals surface area (Å²) in [6.07, 6.45) is 8.48. The lowest BCUT2D eigenvalue weighted by Gasteiger charge is -2.27. The molecule has 1 aliphatic rings. The fourth-order valence-corrected chi connectivity index (χ4v) is 1.87. The van der Waals surface area contributed by atoms with Crippen LogP contribution in [0.2, 0.25) is 0 Å². The monoisotopic (exact) mass is 217 g/mol. The maximum absolute atomic E-state index is 12.0. The maximum atomic E-state index is 12.0. The first-order chi connectivity index (χ1) is 7.84. The molecule has 0 radical (unpaired) electrons. The predicted octanol–water partition coefficient (Wildman–Crippen LogP) is 0.564. The Morgan fingerprint density at radius 3 is 3.00 bits per heavy atom. The minimum Gasteiger partial charge on any atom is -0.332 e. The number of hydrogen-bond acceptors (Lipinski definition) is 3. The Morgan fingerprint density at radius 1 is 1.25 bits per heavy atom. The van der Waals surface area contributed by atoms with Gasteiger partial charge in [0.2, 0.25) is 0 Å². The molecular formula is C10H11N5O. The summed E-state index contributed by atoms with van der Waals surface area (Å²) >= 11 is 0. The lowest BCUT2D eigenvalue weighted by molar-refractivity contribution is 0.183. The van der Waals surface area contributed by atoms with Crippen LogP contribution >= 0.6 is 0 Å². The molecule has 82 valence electrons. The third-order valence-electron chi connectivity index (χ3n) is 2.74. The predicted molar refractivity (Wildman–Crippen MR) is 55.7 cm³/mol. The molecular weight excluding hydrogens is 206 g/mol. The molecule has 0 atom stereocenters. The van der Waals surface area contributed by atoms with Crippen LogP contribution in [0.4, 0.5) is 4.79 Å². The van der Waals surface area contributed by atoms with Gasteiger partial charge in [0, 0.05) is 37.9 Å². The Balaban J connectivity index is 1.81. The van der Waals surface area contributed by atoms with Crippen molar-refractivity contribution in [3.63, 3.8) is 0 Å². The van der Waals surface area contributed by atoms with E-state index in [4.69, 9.17) is 0 Å². The van der Waals surface area contributed by atoms with Gasteiger partial charge in [-0.2, -0.15) is 0 Å². The number of nitrogens with zero attached hydrogens (tertiary/aromatic N) is 5. The summed E-state index contributed by atoms with van der Waals surface area (Å²) in [5.74, 6) is 0.930. The summed E-state index contributed by atoms with van der Waals surface area (Å²) in [4.78, 5) is 21.9. The van der Waals surface area contributed by atoms with Crippen molar-refractivity contribution in [2.75, 3.05) is 6.54 Å². The molecule has 0 N–H and O–H groups in total. The van der Waals surface area contributed by atoms with Gasteiger partial charge in [-0.3, -0.25) is 4.57 Å². The third kappa shape index (κ3) is 1.39. The standard InChI is InChI=1S/C10H11N5O/c16-10(15-3-1-11-8-15)14-6-5-13-4-2-12-9(13)7-14/h1-4,8H,5-7H2. The first kappa shape index (κ1) is 9.14. The van der Waals surface area contributed by atoms with E-state index in [-0.39, 0.29) is 6.03 Å². The van der Waals surface area contributed by atoms with E-state index in [1.165, 1.54) is 10.9 Å². The molecule has 0 saturated carbocycles. The van der Waals surface area contributed by atoms with Gasteiger partial charge in [-0.25, -0.2) is 14.8 Å². The SMILES string of the molecule is O=C(N1CCn2ccnc2C1)n1ccnc1. The quantitative estimate of drug-likeness (QED) is 0.648. The highest BCUT2D eigenvalue weighted by Gasteiger charge is 2.21. The largest absolute Gasteiger partial charge is 0.332 e. The second-order valence-electron chi connectivity index (χ2n) is 3.71. The normalized spacial score (nSPS) is 14.9. The summed E-state index contributed by atoms with van der Waals surface area (Å²) in [7, 11) is 0. The van der Waals surface area contributed by atoms with Gasteiger partial charge in [0.25, 0.3) is 0 Å². The molecule has 0 aliphatic carbocycles. The summed E-state index contributed by atoms with van der Waals surface area (Å²) in [5, 5.41) is 0. The molecule has 1 amide bonds. The summed E-state index contributed by atoms with van der Waals surface area (Å²) < 4.78 is 3.55. The van der Waals surface area contributed by atoms with Gasteiger partial charge in [-0.1, -0.05) is 0 Å². The number of imidazole rings is 2. The molecule has 16 heavy (non-hydrogen) atoms. The van der Waals surface area contributed by atoms with Gasteiger partial charge >= 0.3 is 6.03 Å². The molecule has 6 nitrogen and oxygen atoms in total. The van der Waals surface area contributed by atoms with Crippen molar-refractivity contribution in [3.05, 3.63) is 36.9 Å². The Labute approximate surface area is 92.1 Å². The highest BCUT2D eigenvalue weighted by molar-refractivity contribution is 5.76. The number of carbonyl (C=O) groups excluding carboxylic acids is 1. The van der Waals surface area contributed by atoms with Gasteiger partial charge in [0.05, 0.1) is 6.54 Å². The van der Waals surface area contributed by atoms with Crippen LogP contribution in [-0.2, 0) is 13.1 Å². The van der Waals surface area contributed by atoms with Crippen LogP contribution in [0, 0.1) is 0 Å². The summed E-state index contributed by atoms with van der Waals surface area (Å²) in [5.41, 5.74) is 0. The molecule has 0 saturated heterocycles. The molecule has 0 bridgehead atoms. The lowest BCUT2D eigenvalue weighted by Crippen LogP contribution is -2.40. The zero-order valence-electron chi connectivity index (χ0n) is 8.65. The van der Waals surface area contributed by atoms with E-state index < -0.39 is 0 Å². The van der Waals surface area contributed by atoms with Crippen LogP contribution < -0.4 is 0 Å². The van der Waals surface area contributed by atoms with Crippen molar-refractivity contribution >= 4 is 6.03 Å². The van der Waals surface area contributed by atoms with E-state index >= 15 is 0 Å². The molecule has 0 spiro atoms. The van der Waals surface area contributed by atoms with E-state index in [2.05, 4.69) is 14.5 Å². The third-order valence-corrected chi connectivity index (χ3v) is 2.74. The molecule has 2 aromatic rings. The van der Waals surface area contributed by atoms with Crippen molar-refractivity contribution in [2.24, 2.45) is 0 Å². The number of amides is 1. The first-order valence-corrected chi connectivity index (χ1v) is 5.12. The van der Waals surface area contributed by atoms with Crippen LogP contribution in [-0.4, -0.2) is 36.6 Å². The maximum Gasteiger partial charge on any atom is 0.329 e. The Bertz CT molecular complexity index is 501. The van der Waals surface area contributed by atoms with E-state index in [0.717, 1.165) is 12.4 Å². The van der Waals surface area contributed by atoms with Crippen LogP contribution in [0.3, 0.4) is 0 Å². The fraction of sp³-hybridized carbons (Fsp3) is 0.300. The van der Waals surface area contributed by atoms with Crippen LogP contribution in [0.25, 0.3) is 0 Å². The zero-order chi connectivity index (χ0) is 11.0. The molecule has 3 rings (SSSR count). The molecule has 3 heterocycles. The van der Waals surface area contributed by atoms with E-state index in [9.17, 15) is 4.79 Å². The number of rotatable bonds is 0. The van der Waals surface area contributed by atoms with Crippen molar-refractivity contribution in [3.8, 4) is 0 Å². The van der Waals surface area contributed by atoms with E-state index in [1.54, 1.807) is 23.5 Å². The van der Waals surface area contributed by atoms with Gasteiger partial charge in [-0.15, -0.1) is 0 Å². The van der Waals surface area contributed by atoms with Crippen molar-refractivity contribution < 1.29 is 4.79 Å². The van der Waals surface area contributed by atoms with Crippen LogP contribution in [0.1, 0.15) is 5.82 Å². The molecule has 1 aliphatic heterocycles. The highest BCUT2D eigenvalue weighted by atomic mass is 16.2. The minimum absolute atomic E-state index is 0.0493. The molecule has 0 fully saturated rings. The van der Waals surface area contributed by atoms with Crippen LogP contribution in [0.5, 0.6) is 0 Å². The highest BCUT2D eigenvalue weighted by Crippen LogP contribution is 2.11. The lowest BCUT2D eigenvalue weighted by atomic mass is 10.4. The summed E-state index contributed by atoms with van der Waals surface area (Å²) in [6, 6.07) is -0.0493. The Morgan fingerprint density at radius 2 is 2.19 bits per heavy atom. The minimum atomic E-state index is -0.0493. The second kappa shape index (κ2) is 3.48. The van der Waals surface area contributed by atoms with Crippen LogP contribution in [0.15, 0.2) is 31.1 Å². The Hall–Kier alpha value is -2.11. The van der Waals surface area contributed by atoms with E-state index in [1.807, 2.05) is 6.20 Å². The van der Waals surface area contributed by atoms with Gasteiger partial charge < -0.3 is 9.47 Å². The average Bonchev–Trinajstić information content (AvgIpc) is 2.98. The number of hydrogen-bond donors (Lipinski definition) is 0. The molecule has 0 aromatic carbocycles. The summed E-state index contributed by atoms with van der Waals surface area (Å²) in [6.45, 7) is 2.07. The van der Waals surface area contributed by atoms with Gasteiger partial charge in [0.15, 0.2) is 0 Å². The second-order valence-corrected chi connectivity index (χ2v) is 3.71. The number of carbonyl (C=O) groups is 1. The average molecular weight is 217 g/mol. The number of fused-ring (bicyclic) bond motifs is 1. The van der Waals surface area contributed by atoms with Crippen molar-refractivity contribution in [1.82, 2.24) is 24.0 Å². The zero-order valence-corrected chi connectivity index (χ0v) is 8.65. The molecule has 0 unspecified atom stereocenters. The molecule has 2 aromatic heterocycles. The van der Waals surface area contributed by atoms with Crippen molar-refractivity contribution in [2.45, 2.75) is 13.1 Å². The molecule has 6 heteroatoms. The number of aromatic nitrogens is 4. The van der Waals surface area contributed by atoms with E-state index in [0.29, 0.717) is 13.1 Å². The first-order valence-electron chi connectivity index (χ1n) is 5.12. The fourth-order valence-electron chi connectivity index (χ4n) is 1.87. The van der Waals surface area contributed by atoms with Crippen molar-refractivity contribution in [1.29, 1.82) is 0 Å². The van der Waals surface area contributed by atoms with Gasteiger partial charge in [0.1, 0.15) is 12.2 Å². The topological polar surface area (TPSA) is 56.0 Å². The smallest absolute Gasteiger partial charge is 0.329 e.